The first-order valence-corrected chi connectivity index (χ1v) is 12.4. The van der Waals surface area contributed by atoms with Crippen molar-refractivity contribution in [1.29, 1.82) is 0 Å². The van der Waals surface area contributed by atoms with E-state index < -0.39 is 23.8 Å². The molecule has 9 heteroatoms. The fraction of sp³-hybridized carbons (Fsp3) is 0.192. The Balaban J connectivity index is 1.84. The van der Waals surface area contributed by atoms with Gasteiger partial charge >= 0.3 is 11.9 Å². The number of nitrogens with one attached hydrogen (secondary N) is 1. The first-order valence-electron chi connectivity index (χ1n) is 10.8. The molecule has 0 aliphatic carbocycles. The summed E-state index contributed by atoms with van der Waals surface area (Å²) in [5.74, 6) is -2.48. The number of halogens is 1. The molecule has 0 spiro atoms. The molecule has 1 aromatic heterocycles. The molecule has 0 radical (unpaired) electrons. The number of ketones is 1. The van der Waals surface area contributed by atoms with E-state index in [0.717, 1.165) is 10.0 Å². The maximum atomic E-state index is 13.3. The molecule has 4 rings (SSSR count). The van der Waals surface area contributed by atoms with Crippen LogP contribution in [0.2, 0.25) is 0 Å². The van der Waals surface area contributed by atoms with E-state index in [0.29, 0.717) is 38.0 Å². The van der Waals surface area contributed by atoms with Crippen molar-refractivity contribution in [2.24, 2.45) is 5.92 Å². The third-order valence-corrected chi connectivity index (χ3v) is 7.49. The number of carbonyl (C=O) groups excluding carboxylic acids is 3. The van der Waals surface area contributed by atoms with Crippen LogP contribution in [0, 0.1) is 5.92 Å². The lowest BCUT2D eigenvalue weighted by Gasteiger charge is -2.33. The standard InChI is InChI=1S/C26H23BrN2O5S/c1-4-34-26(32)18-13(2)29-24-20(19(18)14-5-7-16(8-6-14)25(31)33-3)21(28)23(35-24)22(30)15-9-11-17(27)12-10-15/h5-12,18-19,29H,2,4,28H2,1,3H3/t18-,19+/m1/s1. The minimum Gasteiger partial charge on any atom is -0.465 e. The van der Waals surface area contributed by atoms with E-state index in [1.165, 1.54) is 18.4 Å². The molecule has 3 aromatic rings. The second-order valence-electron chi connectivity index (χ2n) is 7.89. The largest absolute Gasteiger partial charge is 0.465 e. The van der Waals surface area contributed by atoms with Crippen LogP contribution in [0.4, 0.5) is 10.7 Å². The molecule has 2 atom stereocenters. The quantitative estimate of drug-likeness (QED) is 0.312. The summed E-state index contributed by atoms with van der Waals surface area (Å²) < 4.78 is 11.0. The molecular weight excluding hydrogens is 532 g/mol. The maximum absolute atomic E-state index is 13.3. The number of ether oxygens (including phenoxy) is 2. The monoisotopic (exact) mass is 554 g/mol. The topological polar surface area (TPSA) is 108 Å². The van der Waals surface area contributed by atoms with Crippen LogP contribution >= 0.6 is 27.3 Å². The number of esters is 2. The normalized spacial score (nSPS) is 16.7. The average molecular weight is 555 g/mol. The molecule has 0 bridgehead atoms. The van der Waals surface area contributed by atoms with Crippen LogP contribution in [0.5, 0.6) is 0 Å². The summed E-state index contributed by atoms with van der Waals surface area (Å²) in [6, 6.07) is 13.8. The SMILES string of the molecule is C=C1Nc2sc(C(=O)c3ccc(Br)cc3)c(N)c2[C@@H](c2ccc(C(=O)OC)cc2)[C@@H]1C(=O)OCC. The summed E-state index contributed by atoms with van der Waals surface area (Å²) in [6.45, 7) is 6.01. The molecule has 2 aromatic carbocycles. The summed E-state index contributed by atoms with van der Waals surface area (Å²) in [6.07, 6.45) is 0. The number of nitrogens with two attached hydrogens (primary N) is 1. The third-order valence-electron chi connectivity index (χ3n) is 5.82. The average Bonchev–Trinajstić information content (AvgIpc) is 3.18. The Morgan fingerprint density at radius 1 is 1.09 bits per heavy atom. The highest BCUT2D eigenvalue weighted by Crippen LogP contribution is 2.52. The maximum Gasteiger partial charge on any atom is 0.337 e. The summed E-state index contributed by atoms with van der Waals surface area (Å²) in [7, 11) is 1.31. The fourth-order valence-electron chi connectivity index (χ4n) is 4.16. The smallest absolute Gasteiger partial charge is 0.337 e. The third kappa shape index (κ3) is 4.61. The number of hydrogen-bond acceptors (Lipinski definition) is 8. The molecule has 0 saturated carbocycles. The van der Waals surface area contributed by atoms with Crippen molar-refractivity contribution in [3.8, 4) is 0 Å². The van der Waals surface area contributed by atoms with Gasteiger partial charge in [-0.15, -0.1) is 11.3 Å². The van der Waals surface area contributed by atoms with E-state index in [4.69, 9.17) is 15.2 Å². The van der Waals surface area contributed by atoms with Crippen LogP contribution in [0.15, 0.2) is 65.3 Å². The van der Waals surface area contributed by atoms with Crippen LogP contribution in [0.1, 0.15) is 49.6 Å². The Kier molecular flexibility index (Phi) is 7.09. The van der Waals surface area contributed by atoms with Gasteiger partial charge in [-0.25, -0.2) is 4.79 Å². The fourth-order valence-corrected chi connectivity index (χ4v) is 5.59. The van der Waals surface area contributed by atoms with E-state index in [9.17, 15) is 14.4 Å². The molecule has 1 aliphatic heterocycles. The summed E-state index contributed by atoms with van der Waals surface area (Å²) >= 11 is 4.60. The lowest BCUT2D eigenvalue weighted by molar-refractivity contribution is -0.147. The van der Waals surface area contributed by atoms with Crippen molar-refractivity contribution < 1.29 is 23.9 Å². The van der Waals surface area contributed by atoms with Gasteiger partial charge in [0.25, 0.3) is 0 Å². The van der Waals surface area contributed by atoms with E-state index in [2.05, 4.69) is 27.8 Å². The first-order chi connectivity index (χ1) is 16.8. The predicted octanol–water partition coefficient (Wildman–Crippen LogP) is 5.36. The van der Waals surface area contributed by atoms with Crippen molar-refractivity contribution in [3.05, 3.63) is 92.4 Å². The lowest BCUT2D eigenvalue weighted by Crippen LogP contribution is -2.33. The molecule has 7 nitrogen and oxygen atoms in total. The van der Waals surface area contributed by atoms with Crippen molar-refractivity contribution >= 4 is 55.7 Å². The van der Waals surface area contributed by atoms with Crippen molar-refractivity contribution in [2.75, 3.05) is 24.8 Å². The van der Waals surface area contributed by atoms with Crippen LogP contribution in [0.3, 0.4) is 0 Å². The Morgan fingerprint density at radius 2 is 1.71 bits per heavy atom. The number of rotatable bonds is 6. The Morgan fingerprint density at radius 3 is 2.31 bits per heavy atom. The van der Waals surface area contributed by atoms with Crippen molar-refractivity contribution in [3.63, 3.8) is 0 Å². The van der Waals surface area contributed by atoms with Crippen LogP contribution in [0.25, 0.3) is 0 Å². The van der Waals surface area contributed by atoms with Gasteiger partial charge in [0.05, 0.1) is 30.0 Å². The molecule has 0 fully saturated rings. The summed E-state index contributed by atoms with van der Waals surface area (Å²) in [4.78, 5) is 38.6. The van der Waals surface area contributed by atoms with Gasteiger partial charge in [-0.05, 0) is 48.9 Å². The number of anilines is 2. The van der Waals surface area contributed by atoms with E-state index in [-0.39, 0.29) is 12.4 Å². The van der Waals surface area contributed by atoms with Gasteiger partial charge in [-0.1, -0.05) is 34.6 Å². The highest BCUT2D eigenvalue weighted by Gasteiger charge is 2.42. The number of benzene rings is 2. The minimum atomic E-state index is -0.779. The van der Waals surface area contributed by atoms with Gasteiger partial charge < -0.3 is 20.5 Å². The lowest BCUT2D eigenvalue weighted by atomic mass is 9.76. The molecule has 35 heavy (non-hydrogen) atoms. The number of thiophene rings is 1. The summed E-state index contributed by atoms with van der Waals surface area (Å²) in [5, 5.41) is 3.82. The molecular formula is C26H23BrN2O5S. The Bertz CT molecular complexity index is 1310. The summed E-state index contributed by atoms with van der Waals surface area (Å²) in [5.41, 5.74) is 9.57. The van der Waals surface area contributed by atoms with Crippen molar-refractivity contribution in [2.45, 2.75) is 12.8 Å². The van der Waals surface area contributed by atoms with E-state index in [1.54, 1.807) is 55.5 Å². The molecule has 0 saturated heterocycles. The highest BCUT2D eigenvalue weighted by molar-refractivity contribution is 9.10. The van der Waals surface area contributed by atoms with Crippen LogP contribution < -0.4 is 11.1 Å². The highest BCUT2D eigenvalue weighted by atomic mass is 79.9. The number of nitrogen functional groups attached to an aromatic ring is 1. The molecule has 180 valence electrons. The number of hydrogen-bond donors (Lipinski definition) is 2. The zero-order valence-electron chi connectivity index (χ0n) is 19.1. The van der Waals surface area contributed by atoms with Gasteiger partial charge in [0, 0.05) is 27.2 Å². The zero-order valence-corrected chi connectivity index (χ0v) is 21.5. The van der Waals surface area contributed by atoms with Gasteiger partial charge in [-0.3, -0.25) is 9.59 Å². The van der Waals surface area contributed by atoms with E-state index in [1.807, 2.05) is 0 Å². The van der Waals surface area contributed by atoms with E-state index >= 15 is 0 Å². The number of methoxy groups -OCH3 is 1. The van der Waals surface area contributed by atoms with Gasteiger partial charge in [0.15, 0.2) is 0 Å². The Labute approximate surface area is 215 Å². The molecule has 0 unspecified atom stereocenters. The second-order valence-corrected chi connectivity index (χ2v) is 9.83. The minimum absolute atomic E-state index is 0.204. The predicted molar refractivity (Wildman–Crippen MR) is 139 cm³/mol. The number of fused-ring (bicyclic) bond motifs is 1. The zero-order chi connectivity index (χ0) is 25.3. The Hall–Kier alpha value is -3.43. The van der Waals surface area contributed by atoms with Gasteiger partial charge in [0.2, 0.25) is 5.78 Å². The molecule has 0 amide bonds. The van der Waals surface area contributed by atoms with Crippen molar-refractivity contribution in [1.82, 2.24) is 0 Å². The second kappa shape index (κ2) is 10.1. The molecule has 1 aliphatic rings. The van der Waals surface area contributed by atoms with Gasteiger partial charge in [0.1, 0.15) is 10.8 Å². The van der Waals surface area contributed by atoms with Crippen LogP contribution in [-0.4, -0.2) is 31.4 Å². The molecule has 2 heterocycles. The number of carbonyl (C=O) groups is 3. The van der Waals surface area contributed by atoms with Crippen LogP contribution in [-0.2, 0) is 14.3 Å². The van der Waals surface area contributed by atoms with Gasteiger partial charge in [-0.2, -0.15) is 0 Å². The first kappa shape index (κ1) is 24.7. The molecule has 3 N–H and O–H groups in total.